The molecule has 2 N–H and O–H groups in total. The second-order valence-corrected chi connectivity index (χ2v) is 20.1. The number of aromatic nitrogens is 1. The number of hydrogen-bond acceptors (Lipinski definition) is 10. The summed E-state index contributed by atoms with van der Waals surface area (Å²) in [6, 6.07) is 19.4. The normalized spacial score (nSPS) is 17.4. The van der Waals surface area contributed by atoms with Crippen molar-refractivity contribution in [1.82, 2.24) is 20.5 Å². The lowest BCUT2D eigenvalue weighted by atomic mass is 9.85. The summed E-state index contributed by atoms with van der Waals surface area (Å²) in [5.41, 5.74) is 6.06. The first-order valence-electron chi connectivity index (χ1n) is 22.8. The lowest BCUT2D eigenvalue weighted by molar-refractivity contribution is -0.144. The van der Waals surface area contributed by atoms with Gasteiger partial charge in [0, 0.05) is 44.3 Å². The molecule has 2 aliphatic heterocycles. The van der Waals surface area contributed by atoms with Gasteiger partial charge in [-0.2, -0.15) is 0 Å². The number of aryl methyl sites for hydroxylation is 2. The van der Waals surface area contributed by atoms with E-state index in [1.807, 2.05) is 120 Å². The Morgan fingerprint density at radius 2 is 1.63 bits per heavy atom. The molecule has 16 heteroatoms. The van der Waals surface area contributed by atoms with Crippen LogP contribution in [0.3, 0.4) is 0 Å². The van der Waals surface area contributed by atoms with Gasteiger partial charge in [0.15, 0.2) is 10.8 Å². The Labute approximate surface area is 404 Å². The van der Waals surface area contributed by atoms with Crippen molar-refractivity contribution in [3.8, 4) is 16.2 Å². The molecule has 3 heterocycles. The Morgan fingerprint density at radius 1 is 0.955 bits per heavy atom. The van der Waals surface area contributed by atoms with Crippen LogP contribution in [0, 0.1) is 31.8 Å². The van der Waals surface area contributed by atoms with Crippen LogP contribution in [0.4, 0.5) is 17.1 Å². The Balaban J connectivity index is 0.856. The molecule has 6 rings (SSSR count). The third-order valence-corrected chi connectivity index (χ3v) is 13.4. The van der Waals surface area contributed by atoms with E-state index in [0.717, 1.165) is 45.8 Å². The predicted octanol–water partition coefficient (Wildman–Crippen LogP) is 8.56. The molecule has 2 fully saturated rings. The first kappa shape index (κ1) is 50.7. The number of nitrogens with one attached hydrogen (secondary N) is 2. The number of thiocarbonyl (C=S) groups is 1. The number of benzene rings is 3. The van der Waals surface area contributed by atoms with Crippen LogP contribution in [0.15, 0.2) is 72.2 Å². The number of hydrogen-bond donors (Lipinski definition) is 2. The van der Waals surface area contributed by atoms with Crippen molar-refractivity contribution in [2.24, 2.45) is 11.3 Å². The summed E-state index contributed by atoms with van der Waals surface area (Å²) in [6.07, 6.45) is 2.73. The SMILES string of the molecule is [C-]#[N+]c1ccc(N2C(=O)C(C)(C)N(c3ccc(OCCCCOCCCOCC(=O)N[C@H](C(=O)N4C[C@H](C)C[C@H]4C(=O)NCc4ccc(-c5scnc5C)cc4)C(C)(C)C)cc3)C2=S)cc1C. The predicted molar refractivity (Wildman–Crippen MR) is 266 cm³/mol. The van der Waals surface area contributed by atoms with Gasteiger partial charge in [0.2, 0.25) is 17.7 Å². The minimum Gasteiger partial charge on any atom is -0.494 e. The van der Waals surface area contributed by atoms with Crippen molar-refractivity contribution in [3.05, 3.63) is 100 Å². The van der Waals surface area contributed by atoms with E-state index in [0.29, 0.717) is 74.6 Å². The number of carbonyl (C=O) groups is 4. The highest BCUT2D eigenvalue weighted by Gasteiger charge is 2.50. The van der Waals surface area contributed by atoms with Gasteiger partial charge in [-0.25, -0.2) is 9.83 Å². The second kappa shape index (κ2) is 22.4. The molecular weight excluding hydrogens is 887 g/mol. The van der Waals surface area contributed by atoms with Crippen molar-refractivity contribution >= 4 is 69.4 Å². The second-order valence-electron chi connectivity index (χ2n) is 18.9. The van der Waals surface area contributed by atoms with Crippen LogP contribution in [0.1, 0.15) is 84.0 Å². The molecular formula is C51H63N7O7S2. The summed E-state index contributed by atoms with van der Waals surface area (Å²) in [5, 5.41) is 6.31. The molecule has 67 heavy (non-hydrogen) atoms. The molecule has 2 saturated heterocycles. The maximum Gasteiger partial charge on any atom is 0.259 e. The molecule has 0 radical (unpaired) electrons. The fraction of sp³-hybridized carbons (Fsp3) is 0.471. The minimum atomic E-state index is -0.914. The third-order valence-electron chi connectivity index (χ3n) is 12.0. The molecule has 2 aliphatic rings. The van der Waals surface area contributed by atoms with Crippen molar-refractivity contribution in [1.29, 1.82) is 0 Å². The largest absolute Gasteiger partial charge is 0.494 e. The third kappa shape index (κ3) is 12.4. The number of carbonyl (C=O) groups excluding carboxylic acids is 4. The van der Waals surface area contributed by atoms with Crippen LogP contribution < -0.4 is 25.2 Å². The summed E-state index contributed by atoms with van der Waals surface area (Å²) >= 11 is 7.41. The highest BCUT2D eigenvalue weighted by Crippen LogP contribution is 2.38. The summed E-state index contributed by atoms with van der Waals surface area (Å²) in [6.45, 7) is 25.0. The van der Waals surface area contributed by atoms with E-state index in [2.05, 4.69) is 20.5 Å². The molecule has 3 atom stereocenters. The fourth-order valence-electron chi connectivity index (χ4n) is 8.29. The van der Waals surface area contributed by atoms with Crippen molar-refractivity contribution in [3.63, 3.8) is 0 Å². The van der Waals surface area contributed by atoms with Gasteiger partial charge in [-0.15, -0.1) is 11.3 Å². The standard InChI is InChI=1S/C51H63N7O7S2/c1-33-27-42(46(60)53-29-36-13-15-37(16-14-36)44-35(3)54-32-67-44)56(30-33)47(61)45(50(4,5)6)55-43(59)31-64-25-12-24-63-23-10-11-26-65-40-20-17-38(18-21-40)58-49(66)57(48(62)51(58,7)8)39-19-22-41(52-9)34(2)28-39/h13-22,28,32-33,42,45H,10-12,23-27,29-31H2,1-8H3,(H,53,60)(H,55,59)/t33-,42+,45-/m1/s1. The van der Waals surface area contributed by atoms with Crippen LogP contribution in [-0.4, -0.2) is 95.8 Å². The monoisotopic (exact) mass is 949 g/mol. The minimum absolute atomic E-state index is 0.131. The molecule has 1 aromatic heterocycles. The number of ether oxygens (including phenoxy) is 3. The van der Waals surface area contributed by atoms with E-state index in [9.17, 15) is 19.2 Å². The van der Waals surface area contributed by atoms with Crippen LogP contribution >= 0.6 is 23.6 Å². The number of thiazole rings is 1. The maximum atomic E-state index is 14.1. The summed E-state index contributed by atoms with van der Waals surface area (Å²) in [5.74, 6) is -0.189. The van der Waals surface area contributed by atoms with E-state index in [-0.39, 0.29) is 30.2 Å². The van der Waals surface area contributed by atoms with E-state index >= 15 is 0 Å². The molecule has 0 spiro atoms. The Kier molecular flexibility index (Phi) is 16.9. The molecule has 0 bridgehead atoms. The Hall–Kier alpha value is -5.73. The maximum absolute atomic E-state index is 14.1. The van der Waals surface area contributed by atoms with Crippen molar-refractivity contribution < 1.29 is 33.4 Å². The quantitative estimate of drug-likeness (QED) is 0.0502. The lowest BCUT2D eigenvalue weighted by Crippen LogP contribution is -2.58. The smallest absolute Gasteiger partial charge is 0.259 e. The highest BCUT2D eigenvalue weighted by atomic mass is 32.1. The van der Waals surface area contributed by atoms with E-state index in [4.69, 9.17) is 33.0 Å². The summed E-state index contributed by atoms with van der Waals surface area (Å²) in [7, 11) is 0. The molecule has 3 aromatic carbocycles. The lowest BCUT2D eigenvalue weighted by Gasteiger charge is -2.35. The van der Waals surface area contributed by atoms with Crippen LogP contribution in [0.25, 0.3) is 15.3 Å². The van der Waals surface area contributed by atoms with Gasteiger partial charge in [0.1, 0.15) is 30.0 Å². The van der Waals surface area contributed by atoms with Crippen molar-refractivity contribution in [2.45, 2.75) is 105 Å². The molecule has 0 saturated carbocycles. The number of nitrogens with zero attached hydrogens (tertiary/aromatic N) is 5. The average Bonchev–Trinajstić information content (AvgIpc) is 3.96. The van der Waals surface area contributed by atoms with Gasteiger partial charge in [0.25, 0.3) is 5.91 Å². The van der Waals surface area contributed by atoms with Gasteiger partial charge in [-0.05, 0) is 130 Å². The van der Waals surface area contributed by atoms with Crippen LogP contribution in [-0.2, 0) is 35.2 Å². The number of anilines is 2. The molecule has 14 nitrogen and oxygen atoms in total. The number of rotatable bonds is 20. The van der Waals surface area contributed by atoms with Gasteiger partial charge in [-0.1, -0.05) is 58.0 Å². The zero-order valence-electron chi connectivity index (χ0n) is 39.8. The highest BCUT2D eigenvalue weighted by molar-refractivity contribution is 7.81. The molecule has 4 aromatic rings. The number of likely N-dealkylation sites (tertiary alicyclic amines) is 1. The van der Waals surface area contributed by atoms with Crippen LogP contribution in [0.2, 0.25) is 0 Å². The summed E-state index contributed by atoms with van der Waals surface area (Å²) < 4.78 is 17.4. The molecule has 0 aliphatic carbocycles. The first-order valence-corrected chi connectivity index (χ1v) is 24.1. The van der Waals surface area contributed by atoms with E-state index in [1.54, 1.807) is 28.4 Å². The summed E-state index contributed by atoms with van der Waals surface area (Å²) in [4.78, 5) is 68.2. The topological polar surface area (TPSA) is 147 Å². The Bertz CT molecular complexity index is 2440. The first-order chi connectivity index (χ1) is 31.9. The van der Waals surface area contributed by atoms with Gasteiger partial charge >= 0.3 is 0 Å². The molecule has 0 unspecified atom stereocenters. The zero-order chi connectivity index (χ0) is 48.5. The van der Waals surface area contributed by atoms with Crippen molar-refractivity contribution in [2.75, 3.05) is 49.4 Å². The van der Waals surface area contributed by atoms with Gasteiger partial charge < -0.3 is 34.6 Å². The van der Waals surface area contributed by atoms with Gasteiger partial charge in [0.05, 0.1) is 29.3 Å². The molecule has 4 amide bonds. The van der Waals surface area contributed by atoms with Crippen LogP contribution in [0.5, 0.6) is 5.75 Å². The van der Waals surface area contributed by atoms with E-state index in [1.165, 1.54) is 4.90 Å². The number of amides is 4. The van der Waals surface area contributed by atoms with E-state index < -0.39 is 28.9 Å². The zero-order valence-corrected chi connectivity index (χ0v) is 41.5. The Morgan fingerprint density at radius 3 is 2.28 bits per heavy atom. The number of unbranched alkanes of at least 4 members (excludes halogenated alkanes) is 1. The van der Waals surface area contributed by atoms with Gasteiger partial charge in [-0.3, -0.25) is 24.1 Å². The molecule has 356 valence electrons. The average molecular weight is 950 g/mol. The fourth-order valence-corrected chi connectivity index (χ4v) is 9.63.